The van der Waals surface area contributed by atoms with Crippen LogP contribution < -0.4 is 10.1 Å². The van der Waals surface area contributed by atoms with E-state index in [0.717, 1.165) is 12.0 Å². The lowest BCUT2D eigenvalue weighted by atomic mass is 9.87. The molecule has 2 aromatic carbocycles. The summed E-state index contributed by atoms with van der Waals surface area (Å²) in [5.41, 5.74) is 1.52. The lowest BCUT2D eigenvalue weighted by Gasteiger charge is -2.29. The van der Waals surface area contributed by atoms with Gasteiger partial charge in [-0.3, -0.25) is 9.59 Å². The molecule has 0 unspecified atom stereocenters. The molecule has 32 heavy (non-hydrogen) atoms. The Kier molecular flexibility index (Phi) is 8.81. The second-order valence-electron chi connectivity index (χ2n) is 9.17. The van der Waals surface area contributed by atoms with Crippen LogP contribution in [0.3, 0.4) is 0 Å². The van der Waals surface area contributed by atoms with E-state index in [2.05, 4.69) is 26.1 Å². The van der Waals surface area contributed by atoms with Crippen LogP contribution in [0.5, 0.6) is 5.75 Å². The first-order chi connectivity index (χ1) is 15.0. The van der Waals surface area contributed by atoms with Gasteiger partial charge in [-0.25, -0.2) is 4.39 Å². The number of hydrogen-bond donors (Lipinski definition) is 1. The van der Waals surface area contributed by atoms with Gasteiger partial charge in [0.2, 0.25) is 5.91 Å². The van der Waals surface area contributed by atoms with E-state index in [9.17, 15) is 14.0 Å². The number of ether oxygens (including phenoxy) is 1. The van der Waals surface area contributed by atoms with E-state index in [4.69, 9.17) is 4.74 Å². The number of halogens is 1. The zero-order chi connectivity index (χ0) is 23.9. The molecule has 0 radical (unpaired) electrons. The van der Waals surface area contributed by atoms with Crippen molar-refractivity contribution in [1.82, 2.24) is 10.2 Å². The fraction of sp³-hybridized carbons (Fsp3) is 0.462. The Labute approximate surface area is 191 Å². The third kappa shape index (κ3) is 7.08. The van der Waals surface area contributed by atoms with Crippen molar-refractivity contribution in [3.63, 3.8) is 0 Å². The first kappa shape index (κ1) is 25.4. The zero-order valence-electron chi connectivity index (χ0n) is 19.9. The normalized spacial score (nSPS) is 13.2. The minimum atomic E-state index is -0.775. The van der Waals surface area contributed by atoms with Crippen LogP contribution in [0.2, 0.25) is 0 Å². The molecular formula is C26H35FN2O3. The van der Waals surface area contributed by atoms with Gasteiger partial charge in [0.05, 0.1) is 0 Å². The third-order valence-electron chi connectivity index (χ3n) is 5.55. The molecule has 0 spiro atoms. The Morgan fingerprint density at radius 1 is 1.06 bits per heavy atom. The van der Waals surface area contributed by atoms with Gasteiger partial charge >= 0.3 is 0 Å². The molecule has 0 saturated heterocycles. The van der Waals surface area contributed by atoms with Crippen LogP contribution in [-0.2, 0) is 21.5 Å². The van der Waals surface area contributed by atoms with Crippen LogP contribution in [0.1, 0.15) is 59.1 Å². The van der Waals surface area contributed by atoms with Crippen molar-refractivity contribution in [2.45, 2.75) is 72.0 Å². The Bertz CT molecular complexity index is 906. The molecule has 2 rings (SSSR count). The molecule has 0 bridgehead atoms. The smallest absolute Gasteiger partial charge is 0.261 e. The van der Waals surface area contributed by atoms with Crippen molar-refractivity contribution in [3.8, 4) is 5.75 Å². The molecule has 0 aliphatic carbocycles. The van der Waals surface area contributed by atoms with Crippen molar-refractivity contribution >= 4 is 11.8 Å². The fourth-order valence-electron chi connectivity index (χ4n) is 3.14. The van der Waals surface area contributed by atoms with Crippen molar-refractivity contribution in [1.29, 1.82) is 0 Å². The van der Waals surface area contributed by atoms with Crippen LogP contribution in [0.25, 0.3) is 0 Å². The summed E-state index contributed by atoms with van der Waals surface area (Å²) in [4.78, 5) is 27.1. The molecule has 5 nitrogen and oxygen atoms in total. The summed E-state index contributed by atoms with van der Waals surface area (Å²) in [7, 11) is 0. The first-order valence-corrected chi connectivity index (χ1v) is 11.1. The lowest BCUT2D eigenvalue weighted by molar-refractivity contribution is -0.142. The summed E-state index contributed by atoms with van der Waals surface area (Å²) in [6.45, 7) is 11.6. The highest BCUT2D eigenvalue weighted by molar-refractivity contribution is 5.88. The van der Waals surface area contributed by atoms with Gasteiger partial charge < -0.3 is 15.0 Å². The number of carbonyl (C=O) groups is 2. The number of hydrogen-bond acceptors (Lipinski definition) is 3. The predicted molar refractivity (Wildman–Crippen MR) is 125 cm³/mol. The molecule has 2 atom stereocenters. The van der Waals surface area contributed by atoms with Gasteiger partial charge in [-0.1, -0.05) is 58.0 Å². The van der Waals surface area contributed by atoms with Crippen molar-refractivity contribution in [2.24, 2.45) is 0 Å². The van der Waals surface area contributed by atoms with Crippen molar-refractivity contribution in [3.05, 3.63) is 65.5 Å². The van der Waals surface area contributed by atoms with Crippen LogP contribution in [0, 0.1) is 5.82 Å². The van der Waals surface area contributed by atoms with Crippen LogP contribution >= 0.6 is 0 Å². The number of carbonyl (C=O) groups excluding carboxylic acids is 2. The molecule has 174 valence electrons. The summed E-state index contributed by atoms with van der Waals surface area (Å²) < 4.78 is 20.0. The molecule has 0 aromatic heterocycles. The molecule has 1 N–H and O–H groups in total. The average Bonchev–Trinajstić information content (AvgIpc) is 2.76. The Morgan fingerprint density at radius 2 is 1.69 bits per heavy atom. The summed E-state index contributed by atoms with van der Waals surface area (Å²) in [5.74, 6) is -0.522. The second kappa shape index (κ2) is 11.1. The van der Waals surface area contributed by atoms with Gasteiger partial charge in [-0.05, 0) is 49.4 Å². The maximum Gasteiger partial charge on any atom is 0.261 e. The van der Waals surface area contributed by atoms with Gasteiger partial charge in [0.15, 0.2) is 6.61 Å². The molecule has 2 amide bonds. The SMILES string of the molecule is CC[C@@H](C)NC(=O)[C@H](C)N(Cc1ccccc1F)C(=O)COc1ccc(C(C)(C)C)cc1. The highest BCUT2D eigenvalue weighted by atomic mass is 19.1. The molecular weight excluding hydrogens is 407 g/mol. The summed E-state index contributed by atoms with van der Waals surface area (Å²) >= 11 is 0. The molecule has 2 aromatic rings. The van der Waals surface area contributed by atoms with E-state index in [-0.39, 0.29) is 36.4 Å². The Balaban J connectivity index is 2.15. The number of nitrogens with one attached hydrogen (secondary N) is 1. The van der Waals surface area contributed by atoms with Gasteiger partial charge in [0.1, 0.15) is 17.6 Å². The minimum Gasteiger partial charge on any atom is -0.484 e. The first-order valence-electron chi connectivity index (χ1n) is 11.1. The van der Waals surface area contributed by atoms with E-state index in [0.29, 0.717) is 11.3 Å². The molecule has 0 heterocycles. The van der Waals surface area contributed by atoms with Crippen LogP contribution in [0.15, 0.2) is 48.5 Å². The Hall–Kier alpha value is -2.89. The quantitative estimate of drug-likeness (QED) is 0.605. The molecule has 0 saturated carbocycles. The highest BCUT2D eigenvalue weighted by Gasteiger charge is 2.28. The predicted octanol–water partition coefficient (Wildman–Crippen LogP) is 4.83. The number of benzene rings is 2. The molecule has 0 aliphatic rings. The van der Waals surface area contributed by atoms with E-state index < -0.39 is 11.9 Å². The Morgan fingerprint density at radius 3 is 2.25 bits per heavy atom. The highest BCUT2D eigenvalue weighted by Crippen LogP contribution is 2.24. The largest absolute Gasteiger partial charge is 0.484 e. The van der Waals surface area contributed by atoms with E-state index in [1.54, 1.807) is 25.1 Å². The van der Waals surface area contributed by atoms with Crippen molar-refractivity contribution in [2.75, 3.05) is 6.61 Å². The topological polar surface area (TPSA) is 58.6 Å². The third-order valence-corrected chi connectivity index (χ3v) is 5.55. The van der Waals surface area contributed by atoms with Crippen molar-refractivity contribution < 1.29 is 18.7 Å². The van der Waals surface area contributed by atoms with Crippen LogP contribution in [0.4, 0.5) is 4.39 Å². The average molecular weight is 443 g/mol. The maximum atomic E-state index is 14.3. The van der Waals surface area contributed by atoms with Gasteiger partial charge in [0, 0.05) is 18.2 Å². The van der Waals surface area contributed by atoms with E-state index >= 15 is 0 Å². The summed E-state index contributed by atoms with van der Waals surface area (Å²) in [5, 5.41) is 2.89. The molecule has 0 fully saturated rings. The van der Waals surface area contributed by atoms with Gasteiger partial charge in [0.25, 0.3) is 5.91 Å². The van der Waals surface area contributed by atoms with E-state index in [1.807, 2.05) is 38.1 Å². The van der Waals surface area contributed by atoms with E-state index in [1.165, 1.54) is 11.0 Å². The number of nitrogens with zero attached hydrogens (tertiary/aromatic N) is 1. The lowest BCUT2D eigenvalue weighted by Crippen LogP contribution is -2.50. The number of rotatable bonds is 9. The number of amides is 2. The standard InChI is InChI=1S/C26H35FN2O3/c1-7-18(2)28-25(31)19(3)29(16-20-10-8-9-11-23(20)27)24(30)17-32-22-14-12-21(13-15-22)26(4,5)6/h8-15,18-19H,7,16-17H2,1-6H3,(H,28,31)/t18-,19+/m1/s1. The molecule has 0 aliphatic heterocycles. The summed E-state index contributed by atoms with van der Waals surface area (Å²) in [6.07, 6.45) is 0.771. The van der Waals surface area contributed by atoms with Gasteiger partial charge in [-0.15, -0.1) is 0 Å². The zero-order valence-corrected chi connectivity index (χ0v) is 19.9. The minimum absolute atomic E-state index is 0.0172. The maximum absolute atomic E-state index is 14.3. The van der Waals surface area contributed by atoms with Crippen LogP contribution in [-0.4, -0.2) is 35.4 Å². The monoisotopic (exact) mass is 442 g/mol. The van der Waals surface area contributed by atoms with Gasteiger partial charge in [-0.2, -0.15) is 0 Å². The summed E-state index contributed by atoms with van der Waals surface area (Å²) in [6, 6.07) is 13.1. The molecule has 6 heteroatoms. The second-order valence-corrected chi connectivity index (χ2v) is 9.17. The fourth-order valence-corrected chi connectivity index (χ4v) is 3.14.